The van der Waals surface area contributed by atoms with Gasteiger partial charge in [0, 0.05) is 17.7 Å². The van der Waals surface area contributed by atoms with E-state index in [1.165, 1.54) is 12.1 Å². The molecule has 8 nitrogen and oxygen atoms in total. The number of benzene rings is 2. The molecule has 27 heavy (non-hydrogen) atoms. The molecule has 4 rings (SSSR count). The molecule has 136 valence electrons. The number of nitrogens with one attached hydrogen (secondary N) is 1. The van der Waals surface area contributed by atoms with Gasteiger partial charge < -0.3 is 0 Å². The maximum atomic E-state index is 13.0. The number of hydroxylamine groups is 1. The second-order valence-electron chi connectivity index (χ2n) is 6.50. The first-order valence-corrected chi connectivity index (χ1v) is 8.25. The third-order valence-corrected chi connectivity index (χ3v) is 4.63. The highest BCUT2D eigenvalue weighted by Crippen LogP contribution is 2.38. The smallest absolute Gasteiger partial charge is 0.273 e. The minimum Gasteiger partial charge on any atom is -0.274 e. The number of imide groups is 1. The lowest BCUT2D eigenvalue weighted by molar-refractivity contribution is -0.384. The van der Waals surface area contributed by atoms with Crippen LogP contribution in [0.15, 0.2) is 54.6 Å². The number of hydrogen-bond donors (Lipinski definition) is 1. The quantitative estimate of drug-likeness (QED) is 0.509. The van der Waals surface area contributed by atoms with Crippen molar-refractivity contribution < 1.29 is 19.3 Å². The lowest BCUT2D eigenvalue weighted by Crippen LogP contribution is -2.40. The van der Waals surface area contributed by atoms with Crippen LogP contribution in [0.1, 0.15) is 17.5 Å². The minimum absolute atomic E-state index is 0.0364. The number of rotatable bonds is 3. The number of nitro benzene ring substituents is 1. The zero-order valence-electron chi connectivity index (χ0n) is 14.3. The number of anilines is 1. The minimum atomic E-state index is -1.42. The zero-order valence-corrected chi connectivity index (χ0v) is 14.3. The van der Waals surface area contributed by atoms with Gasteiger partial charge in [-0.2, -0.15) is 0 Å². The summed E-state index contributed by atoms with van der Waals surface area (Å²) in [7, 11) is 0. The highest BCUT2D eigenvalue weighted by molar-refractivity contribution is 6.25. The van der Waals surface area contributed by atoms with Gasteiger partial charge in [0.2, 0.25) is 11.5 Å². The highest BCUT2D eigenvalue weighted by Gasteiger charge is 2.55. The lowest BCUT2D eigenvalue weighted by Gasteiger charge is -2.18. The number of nitro groups is 1. The van der Waals surface area contributed by atoms with Crippen molar-refractivity contribution in [1.29, 1.82) is 0 Å². The normalized spacial score (nSPS) is 21.5. The summed E-state index contributed by atoms with van der Waals surface area (Å²) in [6.07, 6.45) is 1.44. The molecule has 1 fully saturated rings. The van der Waals surface area contributed by atoms with Gasteiger partial charge >= 0.3 is 0 Å². The van der Waals surface area contributed by atoms with Crippen molar-refractivity contribution in [1.82, 2.24) is 5.48 Å². The first kappa shape index (κ1) is 16.9. The second kappa shape index (κ2) is 6.03. The molecule has 1 atom stereocenters. The van der Waals surface area contributed by atoms with Gasteiger partial charge in [-0.25, -0.2) is 4.90 Å². The Bertz CT molecular complexity index is 981. The van der Waals surface area contributed by atoms with Crippen LogP contribution in [0.2, 0.25) is 0 Å². The molecule has 2 aromatic carbocycles. The third kappa shape index (κ3) is 2.76. The highest BCUT2D eigenvalue weighted by atomic mass is 16.7. The van der Waals surface area contributed by atoms with Crippen molar-refractivity contribution in [3.63, 3.8) is 0 Å². The van der Waals surface area contributed by atoms with Crippen LogP contribution in [0.4, 0.5) is 11.4 Å². The molecule has 2 aliphatic rings. The van der Waals surface area contributed by atoms with Crippen LogP contribution in [0.25, 0.3) is 5.70 Å². The first-order chi connectivity index (χ1) is 12.9. The van der Waals surface area contributed by atoms with Gasteiger partial charge in [0.1, 0.15) is 0 Å². The number of non-ortho nitro benzene ring substituents is 1. The molecular weight excluding hydrogens is 350 g/mol. The molecule has 1 N–H and O–H groups in total. The van der Waals surface area contributed by atoms with E-state index < -0.39 is 16.4 Å². The van der Waals surface area contributed by atoms with E-state index >= 15 is 0 Å². The van der Waals surface area contributed by atoms with E-state index in [2.05, 4.69) is 5.48 Å². The van der Waals surface area contributed by atoms with Gasteiger partial charge in [0.05, 0.1) is 22.7 Å². The van der Waals surface area contributed by atoms with Crippen LogP contribution in [-0.4, -0.2) is 22.3 Å². The van der Waals surface area contributed by atoms with E-state index in [1.807, 2.05) is 19.1 Å². The van der Waals surface area contributed by atoms with Gasteiger partial charge in [0.15, 0.2) is 0 Å². The zero-order chi connectivity index (χ0) is 19.2. The number of hydrogen-bond acceptors (Lipinski definition) is 6. The summed E-state index contributed by atoms with van der Waals surface area (Å²) in [4.78, 5) is 42.4. The predicted molar refractivity (Wildman–Crippen MR) is 96.3 cm³/mol. The Balaban J connectivity index is 1.64. The standard InChI is InChI=1S/C19H15N3O5/c1-12-2-6-14(7-3-12)21-17(23)11-19(18(21)24)10-16(20-27-19)13-4-8-15(9-5-13)22(25)26/h2-10,20H,11H2,1H3/t19-/m1/s1. The fourth-order valence-electron chi connectivity index (χ4n) is 3.17. The molecular formula is C19H15N3O5. The predicted octanol–water partition coefficient (Wildman–Crippen LogP) is 2.48. The van der Waals surface area contributed by atoms with Gasteiger partial charge in [-0.15, -0.1) is 0 Å². The van der Waals surface area contributed by atoms with E-state index in [0.29, 0.717) is 16.9 Å². The third-order valence-electron chi connectivity index (χ3n) is 4.63. The molecule has 0 aromatic heterocycles. The Hall–Kier alpha value is -3.52. The summed E-state index contributed by atoms with van der Waals surface area (Å²) in [5.41, 5.74) is 3.84. The summed E-state index contributed by atoms with van der Waals surface area (Å²) in [5, 5.41) is 10.8. The molecule has 2 heterocycles. The summed E-state index contributed by atoms with van der Waals surface area (Å²) in [6.45, 7) is 1.92. The van der Waals surface area contributed by atoms with Gasteiger partial charge in [-0.3, -0.25) is 30.0 Å². The molecule has 0 bridgehead atoms. The van der Waals surface area contributed by atoms with E-state index in [0.717, 1.165) is 10.5 Å². The molecule has 1 saturated heterocycles. The largest absolute Gasteiger partial charge is 0.274 e. The number of carbonyl (C=O) groups excluding carboxylic acids is 2. The average Bonchev–Trinajstić information content (AvgIpc) is 3.18. The number of amides is 2. The van der Waals surface area contributed by atoms with E-state index in [1.54, 1.807) is 30.3 Å². The lowest BCUT2D eigenvalue weighted by atomic mass is 9.99. The van der Waals surface area contributed by atoms with Gasteiger partial charge in [-0.05, 0) is 37.3 Å². The van der Waals surface area contributed by atoms with Crippen molar-refractivity contribution in [2.24, 2.45) is 0 Å². The van der Waals surface area contributed by atoms with Crippen molar-refractivity contribution >= 4 is 28.9 Å². The van der Waals surface area contributed by atoms with Gasteiger partial charge in [0.25, 0.3) is 11.6 Å². The summed E-state index contributed by atoms with van der Waals surface area (Å²) in [6, 6.07) is 12.9. The Morgan fingerprint density at radius 2 is 1.78 bits per heavy atom. The maximum absolute atomic E-state index is 13.0. The molecule has 0 saturated carbocycles. The Labute approximate surface area is 154 Å². The van der Waals surface area contributed by atoms with Crippen LogP contribution >= 0.6 is 0 Å². The molecule has 1 spiro atoms. The summed E-state index contributed by atoms with van der Waals surface area (Å²) in [5.74, 6) is -0.826. The number of aryl methyl sites for hydroxylation is 1. The van der Waals surface area contributed by atoms with Gasteiger partial charge in [-0.1, -0.05) is 17.7 Å². The van der Waals surface area contributed by atoms with Crippen molar-refractivity contribution in [2.75, 3.05) is 4.90 Å². The molecule has 0 aliphatic carbocycles. The van der Waals surface area contributed by atoms with E-state index in [4.69, 9.17) is 4.84 Å². The second-order valence-corrected chi connectivity index (χ2v) is 6.50. The fourth-order valence-corrected chi connectivity index (χ4v) is 3.17. The monoisotopic (exact) mass is 365 g/mol. The topological polar surface area (TPSA) is 102 Å². The SMILES string of the molecule is Cc1ccc(N2C(=O)C[C@]3(C=C(c4ccc([N+](=O)[O-])cc4)NO3)C2=O)cc1. The maximum Gasteiger partial charge on any atom is 0.273 e. The molecule has 2 aromatic rings. The Kier molecular flexibility index (Phi) is 3.78. The first-order valence-electron chi connectivity index (χ1n) is 8.25. The van der Waals surface area contributed by atoms with Crippen LogP contribution in [0.5, 0.6) is 0 Å². The Morgan fingerprint density at radius 3 is 2.41 bits per heavy atom. The van der Waals surface area contributed by atoms with E-state index in [-0.39, 0.29) is 18.0 Å². The van der Waals surface area contributed by atoms with Crippen LogP contribution in [-0.2, 0) is 14.4 Å². The number of nitrogens with zero attached hydrogens (tertiary/aromatic N) is 2. The van der Waals surface area contributed by atoms with Crippen LogP contribution in [0.3, 0.4) is 0 Å². The Morgan fingerprint density at radius 1 is 1.11 bits per heavy atom. The van der Waals surface area contributed by atoms with Crippen molar-refractivity contribution in [2.45, 2.75) is 18.9 Å². The average molecular weight is 365 g/mol. The molecule has 2 aliphatic heterocycles. The molecule has 0 radical (unpaired) electrons. The van der Waals surface area contributed by atoms with Crippen molar-refractivity contribution in [3.8, 4) is 0 Å². The molecule has 0 unspecified atom stereocenters. The fraction of sp³-hybridized carbons (Fsp3) is 0.158. The molecule has 2 amide bonds. The summed E-state index contributed by atoms with van der Waals surface area (Å²) >= 11 is 0. The molecule has 8 heteroatoms. The van der Waals surface area contributed by atoms with Crippen LogP contribution < -0.4 is 10.4 Å². The summed E-state index contributed by atoms with van der Waals surface area (Å²) < 4.78 is 0. The number of carbonyl (C=O) groups is 2. The van der Waals surface area contributed by atoms with Crippen LogP contribution in [0, 0.1) is 17.0 Å². The van der Waals surface area contributed by atoms with Crippen molar-refractivity contribution in [3.05, 3.63) is 75.8 Å². The van der Waals surface area contributed by atoms with E-state index in [9.17, 15) is 19.7 Å².